The molecule has 1 aromatic rings. The number of furan rings is 1. The van der Waals surface area contributed by atoms with Crippen LogP contribution in [0.1, 0.15) is 55.3 Å². The largest absolute Gasteiger partial charge is 0.458 e. The van der Waals surface area contributed by atoms with Crippen molar-refractivity contribution in [2.75, 3.05) is 6.61 Å². The molecule has 1 saturated carbocycles. The van der Waals surface area contributed by atoms with Gasteiger partial charge in [0.1, 0.15) is 5.76 Å². The Hall–Kier alpha value is -1.09. The Labute approximate surface area is 108 Å². The maximum Gasteiger partial charge on any atom is 0.201 e. The van der Waals surface area contributed by atoms with Crippen molar-refractivity contribution in [2.24, 2.45) is 5.92 Å². The number of hydrogen-bond acceptors (Lipinski definition) is 3. The van der Waals surface area contributed by atoms with Crippen molar-refractivity contribution in [3.05, 3.63) is 23.7 Å². The fraction of sp³-hybridized carbons (Fsp3) is 0.667. The molecule has 0 aromatic carbocycles. The van der Waals surface area contributed by atoms with Gasteiger partial charge in [-0.25, -0.2) is 0 Å². The molecular weight excluding hydrogens is 228 g/mol. The molecule has 1 atom stereocenters. The maximum absolute atomic E-state index is 12.4. The lowest BCUT2D eigenvalue weighted by molar-refractivity contribution is -0.137. The molecule has 3 rings (SSSR count). The first-order valence-corrected chi connectivity index (χ1v) is 6.99. The number of carbonyl (C=O) groups excluding carboxylic acids is 1. The van der Waals surface area contributed by atoms with Crippen LogP contribution in [0.2, 0.25) is 0 Å². The van der Waals surface area contributed by atoms with Gasteiger partial charge in [-0.1, -0.05) is 6.92 Å². The quantitative estimate of drug-likeness (QED) is 0.770. The van der Waals surface area contributed by atoms with Crippen molar-refractivity contribution >= 4 is 5.78 Å². The summed E-state index contributed by atoms with van der Waals surface area (Å²) in [5.74, 6) is 1.69. The third-order valence-corrected chi connectivity index (χ3v) is 4.38. The maximum atomic E-state index is 12.4. The summed E-state index contributed by atoms with van der Waals surface area (Å²) in [6.45, 7) is 2.75. The van der Waals surface area contributed by atoms with Crippen LogP contribution in [0.15, 0.2) is 16.5 Å². The Morgan fingerprint density at radius 3 is 2.89 bits per heavy atom. The monoisotopic (exact) mass is 248 g/mol. The number of ether oxygens (including phenoxy) is 1. The van der Waals surface area contributed by atoms with Gasteiger partial charge in [-0.3, -0.25) is 4.79 Å². The smallest absolute Gasteiger partial charge is 0.201 e. The minimum Gasteiger partial charge on any atom is -0.458 e. The van der Waals surface area contributed by atoms with Gasteiger partial charge in [0.2, 0.25) is 5.78 Å². The van der Waals surface area contributed by atoms with Crippen molar-refractivity contribution < 1.29 is 13.9 Å². The second kappa shape index (κ2) is 4.54. The fourth-order valence-electron chi connectivity index (χ4n) is 3.07. The van der Waals surface area contributed by atoms with E-state index in [-0.39, 0.29) is 17.3 Å². The van der Waals surface area contributed by atoms with Gasteiger partial charge in [-0.15, -0.1) is 0 Å². The molecule has 1 aliphatic carbocycles. The SMILES string of the molecule is CCc1ccc(C(=O)C2CCOC3(CCC3)C2)o1. The number of carbonyl (C=O) groups is 1. The molecule has 2 heterocycles. The van der Waals surface area contributed by atoms with Crippen LogP contribution in [0.3, 0.4) is 0 Å². The number of aryl methyl sites for hydroxylation is 1. The van der Waals surface area contributed by atoms with E-state index in [0.29, 0.717) is 5.76 Å². The summed E-state index contributed by atoms with van der Waals surface area (Å²) >= 11 is 0. The van der Waals surface area contributed by atoms with E-state index in [1.165, 1.54) is 6.42 Å². The molecule has 1 aliphatic heterocycles. The van der Waals surface area contributed by atoms with Crippen LogP contribution in [0.25, 0.3) is 0 Å². The molecule has 3 heteroatoms. The normalized spacial score (nSPS) is 25.9. The second-order valence-corrected chi connectivity index (χ2v) is 5.56. The summed E-state index contributed by atoms with van der Waals surface area (Å²) in [5.41, 5.74) is 0.0265. The third kappa shape index (κ3) is 2.01. The van der Waals surface area contributed by atoms with Crippen LogP contribution in [0, 0.1) is 5.92 Å². The zero-order valence-corrected chi connectivity index (χ0v) is 10.9. The first kappa shape index (κ1) is 12.0. The first-order valence-electron chi connectivity index (χ1n) is 6.99. The molecule has 0 amide bonds. The molecule has 0 N–H and O–H groups in total. The van der Waals surface area contributed by atoms with E-state index >= 15 is 0 Å². The second-order valence-electron chi connectivity index (χ2n) is 5.56. The van der Waals surface area contributed by atoms with Crippen LogP contribution >= 0.6 is 0 Å². The molecule has 98 valence electrons. The van der Waals surface area contributed by atoms with E-state index in [2.05, 4.69) is 0 Å². The summed E-state index contributed by atoms with van der Waals surface area (Å²) in [6.07, 6.45) is 6.04. The van der Waals surface area contributed by atoms with Crippen molar-refractivity contribution in [1.82, 2.24) is 0 Å². The van der Waals surface area contributed by atoms with Crippen molar-refractivity contribution in [3.8, 4) is 0 Å². The molecule has 1 unspecified atom stereocenters. The molecule has 2 fully saturated rings. The Morgan fingerprint density at radius 2 is 2.28 bits per heavy atom. The van der Waals surface area contributed by atoms with E-state index < -0.39 is 0 Å². The van der Waals surface area contributed by atoms with Gasteiger partial charge in [-0.2, -0.15) is 0 Å². The first-order chi connectivity index (χ1) is 8.72. The fourth-order valence-corrected chi connectivity index (χ4v) is 3.07. The zero-order valence-electron chi connectivity index (χ0n) is 10.9. The molecule has 2 aliphatic rings. The summed E-state index contributed by atoms with van der Waals surface area (Å²) in [7, 11) is 0. The molecular formula is C15H20O3. The highest BCUT2D eigenvalue weighted by molar-refractivity contribution is 5.95. The summed E-state index contributed by atoms with van der Waals surface area (Å²) in [4.78, 5) is 12.4. The number of rotatable bonds is 3. The average molecular weight is 248 g/mol. The van der Waals surface area contributed by atoms with Crippen LogP contribution in [0.5, 0.6) is 0 Å². The molecule has 3 nitrogen and oxygen atoms in total. The molecule has 1 saturated heterocycles. The van der Waals surface area contributed by atoms with Crippen LogP contribution < -0.4 is 0 Å². The Bertz CT molecular complexity index is 442. The highest BCUT2D eigenvalue weighted by Crippen LogP contribution is 2.44. The molecule has 1 aromatic heterocycles. The number of Topliss-reactive ketones (excluding diaryl/α,β-unsaturated/α-hetero) is 1. The van der Waals surface area contributed by atoms with Crippen LogP contribution in [-0.4, -0.2) is 18.0 Å². The molecule has 0 radical (unpaired) electrons. The van der Waals surface area contributed by atoms with E-state index in [9.17, 15) is 4.79 Å². The van der Waals surface area contributed by atoms with E-state index in [4.69, 9.17) is 9.15 Å². The van der Waals surface area contributed by atoms with Crippen LogP contribution in [-0.2, 0) is 11.2 Å². The number of hydrogen-bond donors (Lipinski definition) is 0. The van der Waals surface area contributed by atoms with Crippen molar-refractivity contribution in [1.29, 1.82) is 0 Å². The minimum absolute atomic E-state index is 0.0265. The average Bonchev–Trinajstić information content (AvgIpc) is 2.85. The summed E-state index contributed by atoms with van der Waals surface area (Å²) in [6, 6.07) is 3.73. The van der Waals surface area contributed by atoms with E-state index in [1.54, 1.807) is 0 Å². The standard InChI is InChI=1S/C15H20O3/c1-2-12-4-5-13(18-12)14(16)11-6-9-17-15(10-11)7-3-8-15/h4-5,11H,2-3,6-10H2,1H3. The van der Waals surface area contributed by atoms with E-state index in [1.807, 2.05) is 19.1 Å². The predicted octanol–water partition coefficient (Wildman–Crippen LogP) is 3.37. The third-order valence-electron chi connectivity index (χ3n) is 4.38. The topological polar surface area (TPSA) is 39.4 Å². The minimum atomic E-state index is 0.0265. The lowest BCUT2D eigenvalue weighted by Crippen LogP contribution is -2.47. The summed E-state index contributed by atoms with van der Waals surface area (Å²) < 4.78 is 11.4. The van der Waals surface area contributed by atoms with Gasteiger partial charge < -0.3 is 9.15 Å². The molecule has 0 bridgehead atoms. The van der Waals surface area contributed by atoms with Crippen LogP contribution in [0.4, 0.5) is 0 Å². The van der Waals surface area contributed by atoms with Gasteiger partial charge in [-0.05, 0) is 44.2 Å². The van der Waals surface area contributed by atoms with Gasteiger partial charge in [0.15, 0.2) is 5.76 Å². The summed E-state index contributed by atoms with van der Waals surface area (Å²) in [5, 5.41) is 0. The van der Waals surface area contributed by atoms with Gasteiger partial charge in [0.05, 0.1) is 5.60 Å². The molecule has 18 heavy (non-hydrogen) atoms. The van der Waals surface area contributed by atoms with Gasteiger partial charge in [0.25, 0.3) is 0 Å². The Balaban J connectivity index is 1.71. The lowest BCUT2D eigenvalue weighted by atomic mass is 9.71. The van der Waals surface area contributed by atoms with Crippen molar-refractivity contribution in [2.45, 2.75) is 51.0 Å². The highest BCUT2D eigenvalue weighted by Gasteiger charge is 2.44. The number of ketones is 1. The lowest BCUT2D eigenvalue weighted by Gasteiger charge is -2.46. The van der Waals surface area contributed by atoms with Gasteiger partial charge >= 0.3 is 0 Å². The predicted molar refractivity (Wildman–Crippen MR) is 67.7 cm³/mol. The Morgan fingerprint density at radius 1 is 1.44 bits per heavy atom. The molecule has 1 spiro atoms. The van der Waals surface area contributed by atoms with Crippen molar-refractivity contribution in [3.63, 3.8) is 0 Å². The van der Waals surface area contributed by atoms with E-state index in [0.717, 1.165) is 44.5 Å². The zero-order chi connectivity index (χ0) is 12.6. The Kier molecular flexibility index (Phi) is 3.02. The van der Waals surface area contributed by atoms with Gasteiger partial charge in [0, 0.05) is 18.9 Å². The highest BCUT2D eigenvalue weighted by atomic mass is 16.5.